The normalized spacial score (nSPS) is 19.8. The highest BCUT2D eigenvalue weighted by Crippen LogP contribution is 2.38. The second-order valence-electron chi connectivity index (χ2n) is 8.35. The van der Waals surface area contributed by atoms with Crippen molar-refractivity contribution in [3.63, 3.8) is 0 Å². The van der Waals surface area contributed by atoms with E-state index >= 15 is 0 Å². The molecule has 2 aliphatic rings. The Morgan fingerprint density at radius 3 is 2.74 bits per heavy atom. The van der Waals surface area contributed by atoms with Crippen LogP contribution in [0.4, 0.5) is 15.8 Å². The van der Waals surface area contributed by atoms with Crippen LogP contribution in [0.15, 0.2) is 42.5 Å². The summed E-state index contributed by atoms with van der Waals surface area (Å²) >= 11 is 0. The van der Waals surface area contributed by atoms with E-state index in [1.165, 1.54) is 21.9 Å². The molecule has 7 nitrogen and oxygen atoms in total. The van der Waals surface area contributed by atoms with Crippen LogP contribution in [-0.2, 0) is 20.9 Å². The quantitative estimate of drug-likeness (QED) is 0.817. The second-order valence-corrected chi connectivity index (χ2v) is 8.35. The van der Waals surface area contributed by atoms with E-state index in [0.717, 1.165) is 0 Å². The van der Waals surface area contributed by atoms with E-state index in [1.54, 1.807) is 51.2 Å². The predicted molar refractivity (Wildman–Crippen MR) is 113 cm³/mol. The fourth-order valence-electron chi connectivity index (χ4n) is 4.04. The molecule has 4 rings (SSSR count). The molecule has 1 saturated heterocycles. The molecule has 2 aromatic carbocycles. The summed E-state index contributed by atoms with van der Waals surface area (Å²) in [6, 6.07) is 10.4. The Balaban J connectivity index is 1.51. The monoisotopic (exact) mass is 425 g/mol. The zero-order valence-corrected chi connectivity index (χ0v) is 17.6. The van der Waals surface area contributed by atoms with E-state index in [1.807, 2.05) is 0 Å². The lowest BCUT2D eigenvalue weighted by Crippen LogP contribution is -2.50. The summed E-state index contributed by atoms with van der Waals surface area (Å²) in [6.45, 7) is 3.55. The van der Waals surface area contributed by atoms with Gasteiger partial charge < -0.3 is 19.9 Å². The molecular weight excluding hydrogens is 401 g/mol. The molecular formula is C23H24FN3O4. The Bertz CT molecular complexity index is 1070. The summed E-state index contributed by atoms with van der Waals surface area (Å²) in [5.74, 6) is -0.509. The molecule has 1 atom stereocenters. The third-order valence-corrected chi connectivity index (χ3v) is 5.65. The van der Waals surface area contributed by atoms with Crippen LogP contribution in [0.5, 0.6) is 5.75 Å². The number of halogens is 1. The van der Waals surface area contributed by atoms with Crippen molar-refractivity contribution in [3.05, 3.63) is 53.8 Å². The average Bonchev–Trinajstić information content (AvgIpc) is 3.06. The van der Waals surface area contributed by atoms with Crippen LogP contribution in [-0.4, -0.2) is 41.3 Å². The zero-order chi connectivity index (χ0) is 22.3. The van der Waals surface area contributed by atoms with E-state index in [2.05, 4.69) is 5.32 Å². The maximum absolute atomic E-state index is 13.5. The summed E-state index contributed by atoms with van der Waals surface area (Å²) < 4.78 is 19.3. The van der Waals surface area contributed by atoms with Crippen molar-refractivity contribution < 1.29 is 23.5 Å². The number of fused-ring (bicyclic) bond motifs is 1. The smallest absolute Gasteiger partial charge is 0.270 e. The Morgan fingerprint density at radius 2 is 2.00 bits per heavy atom. The van der Waals surface area contributed by atoms with Crippen LogP contribution in [0.1, 0.15) is 32.3 Å². The number of nitrogens with zero attached hydrogens (tertiary/aromatic N) is 2. The summed E-state index contributed by atoms with van der Waals surface area (Å²) in [6.07, 6.45) is 0.660. The number of ether oxygens (including phenoxy) is 1. The van der Waals surface area contributed by atoms with Crippen molar-refractivity contribution in [2.24, 2.45) is 0 Å². The number of hydrogen-bond acceptors (Lipinski definition) is 4. The maximum Gasteiger partial charge on any atom is 0.270 e. The largest absolute Gasteiger partial charge is 0.476 e. The minimum Gasteiger partial charge on any atom is -0.476 e. The SMILES string of the molecule is CN1C(=O)C(C)(C)Oc2cc(NC(=O)C3CCC(=O)N3Cc3cccc(F)c3)ccc21. The molecule has 0 spiro atoms. The number of likely N-dealkylation sites (N-methyl/N-ethyl adjacent to an activating group) is 1. The van der Waals surface area contributed by atoms with Gasteiger partial charge >= 0.3 is 0 Å². The van der Waals surface area contributed by atoms with Gasteiger partial charge in [-0.15, -0.1) is 0 Å². The molecule has 0 aromatic heterocycles. The highest BCUT2D eigenvalue weighted by molar-refractivity contribution is 6.03. The third kappa shape index (κ3) is 3.97. The van der Waals surface area contributed by atoms with Crippen LogP contribution in [0.3, 0.4) is 0 Å². The van der Waals surface area contributed by atoms with Crippen LogP contribution < -0.4 is 15.0 Å². The number of nitrogens with one attached hydrogen (secondary N) is 1. The molecule has 3 amide bonds. The van der Waals surface area contributed by atoms with Crippen molar-refractivity contribution in [3.8, 4) is 5.75 Å². The van der Waals surface area contributed by atoms with Crippen molar-refractivity contribution in [2.45, 2.75) is 44.9 Å². The van der Waals surface area contributed by atoms with Gasteiger partial charge in [-0.2, -0.15) is 0 Å². The standard InChI is InChI=1S/C23H24FN3O4/c1-23(2)22(30)26(3)17-8-7-16(12-19(17)31-23)25-21(29)18-9-10-20(28)27(18)13-14-5-4-6-15(24)11-14/h4-8,11-12,18H,9-10,13H2,1-3H3,(H,25,29). The third-order valence-electron chi connectivity index (χ3n) is 5.65. The Kier molecular flexibility index (Phi) is 5.16. The van der Waals surface area contributed by atoms with E-state index in [0.29, 0.717) is 29.1 Å². The number of carbonyl (C=O) groups is 3. The molecule has 1 unspecified atom stereocenters. The van der Waals surface area contributed by atoms with Crippen molar-refractivity contribution in [1.82, 2.24) is 4.90 Å². The molecule has 0 saturated carbocycles. The molecule has 1 N–H and O–H groups in total. The fourth-order valence-corrected chi connectivity index (χ4v) is 4.04. The first-order valence-corrected chi connectivity index (χ1v) is 10.1. The average molecular weight is 425 g/mol. The van der Waals surface area contributed by atoms with Gasteiger partial charge in [-0.1, -0.05) is 12.1 Å². The van der Waals surface area contributed by atoms with Gasteiger partial charge in [0.1, 0.15) is 17.6 Å². The maximum atomic E-state index is 13.5. The predicted octanol–water partition coefficient (Wildman–Crippen LogP) is 3.09. The van der Waals surface area contributed by atoms with Crippen LogP contribution in [0, 0.1) is 5.82 Å². The van der Waals surface area contributed by atoms with Gasteiger partial charge in [0, 0.05) is 31.8 Å². The Hall–Kier alpha value is -3.42. The molecule has 8 heteroatoms. The van der Waals surface area contributed by atoms with Gasteiger partial charge in [-0.05, 0) is 50.1 Å². The molecule has 31 heavy (non-hydrogen) atoms. The highest BCUT2D eigenvalue weighted by atomic mass is 19.1. The fraction of sp³-hybridized carbons (Fsp3) is 0.348. The van der Waals surface area contributed by atoms with Gasteiger partial charge in [-0.3, -0.25) is 14.4 Å². The van der Waals surface area contributed by atoms with Gasteiger partial charge in [-0.25, -0.2) is 4.39 Å². The van der Waals surface area contributed by atoms with Crippen molar-refractivity contribution in [2.75, 3.05) is 17.3 Å². The molecule has 0 bridgehead atoms. The number of amides is 3. The molecule has 162 valence electrons. The van der Waals surface area contributed by atoms with Gasteiger partial charge in [0.05, 0.1) is 5.69 Å². The van der Waals surface area contributed by atoms with Crippen LogP contribution >= 0.6 is 0 Å². The first-order valence-electron chi connectivity index (χ1n) is 10.1. The molecule has 2 heterocycles. The number of rotatable bonds is 4. The Labute approximate surface area is 179 Å². The summed E-state index contributed by atoms with van der Waals surface area (Å²) in [4.78, 5) is 40.7. The lowest BCUT2D eigenvalue weighted by atomic mass is 10.0. The number of likely N-dealkylation sites (tertiary alicyclic amines) is 1. The van der Waals surface area contributed by atoms with E-state index in [9.17, 15) is 18.8 Å². The first-order chi connectivity index (χ1) is 14.7. The van der Waals surface area contributed by atoms with E-state index < -0.39 is 11.6 Å². The zero-order valence-electron chi connectivity index (χ0n) is 17.6. The first kappa shape index (κ1) is 20.8. The van der Waals surface area contributed by atoms with Crippen LogP contribution in [0.25, 0.3) is 0 Å². The van der Waals surface area contributed by atoms with E-state index in [-0.39, 0.29) is 36.5 Å². The van der Waals surface area contributed by atoms with Gasteiger partial charge in [0.15, 0.2) is 5.60 Å². The number of carbonyl (C=O) groups excluding carboxylic acids is 3. The molecule has 2 aromatic rings. The van der Waals surface area contributed by atoms with Crippen molar-refractivity contribution >= 4 is 29.1 Å². The Morgan fingerprint density at radius 1 is 1.23 bits per heavy atom. The van der Waals surface area contributed by atoms with E-state index in [4.69, 9.17) is 4.74 Å². The van der Waals surface area contributed by atoms with Gasteiger partial charge in [0.25, 0.3) is 5.91 Å². The number of benzene rings is 2. The molecule has 0 radical (unpaired) electrons. The molecule has 2 aliphatic heterocycles. The van der Waals surface area contributed by atoms with Crippen molar-refractivity contribution in [1.29, 1.82) is 0 Å². The minimum atomic E-state index is -1.01. The topological polar surface area (TPSA) is 79.0 Å². The summed E-state index contributed by atoms with van der Waals surface area (Å²) in [5, 5.41) is 2.84. The lowest BCUT2D eigenvalue weighted by Gasteiger charge is -2.37. The lowest BCUT2D eigenvalue weighted by molar-refractivity contribution is -0.133. The number of anilines is 2. The molecule has 0 aliphatic carbocycles. The summed E-state index contributed by atoms with van der Waals surface area (Å²) in [7, 11) is 1.68. The summed E-state index contributed by atoms with van der Waals surface area (Å²) in [5.41, 5.74) is 0.743. The van der Waals surface area contributed by atoms with Crippen LogP contribution in [0.2, 0.25) is 0 Å². The minimum absolute atomic E-state index is 0.139. The second kappa shape index (κ2) is 7.68. The number of hydrogen-bond donors (Lipinski definition) is 1. The van der Waals surface area contributed by atoms with Gasteiger partial charge in [0.2, 0.25) is 11.8 Å². The molecule has 1 fully saturated rings. The highest BCUT2D eigenvalue weighted by Gasteiger charge is 2.40.